The zero-order valence-corrected chi connectivity index (χ0v) is 22.7. The minimum atomic E-state index is -0.206. The van der Waals surface area contributed by atoms with Gasteiger partial charge in [-0.1, -0.05) is 0 Å². The van der Waals surface area contributed by atoms with Crippen molar-refractivity contribution < 1.29 is 14.3 Å². The van der Waals surface area contributed by atoms with Crippen LogP contribution < -0.4 is 11.1 Å². The third-order valence-corrected chi connectivity index (χ3v) is 7.56. The van der Waals surface area contributed by atoms with E-state index in [9.17, 15) is 9.59 Å². The Balaban J connectivity index is 1.32. The molecule has 1 saturated carbocycles. The van der Waals surface area contributed by atoms with Crippen LogP contribution in [0, 0.1) is 11.8 Å². The van der Waals surface area contributed by atoms with Gasteiger partial charge in [0.25, 0.3) is 0 Å². The summed E-state index contributed by atoms with van der Waals surface area (Å²) in [5.41, 5.74) is 10.5. The summed E-state index contributed by atoms with van der Waals surface area (Å²) < 4.78 is 8.49. The fourth-order valence-electron chi connectivity index (χ4n) is 5.34. The van der Waals surface area contributed by atoms with Gasteiger partial charge in [-0.2, -0.15) is 5.10 Å². The lowest BCUT2D eigenvalue weighted by atomic mass is 9.81. The van der Waals surface area contributed by atoms with Crippen LogP contribution in [0.4, 0.5) is 11.6 Å². The SMILES string of the molecule is COC(=O)C1CCC(C(=O)Nc2ccc(-n3c(-c4cccnc4N)nc4ccc(-c5ccnn5C)nc43)cn2)CC1. The van der Waals surface area contributed by atoms with E-state index in [1.165, 1.54) is 7.11 Å². The van der Waals surface area contributed by atoms with E-state index >= 15 is 0 Å². The number of carbonyl (C=O) groups is 2. The zero-order chi connectivity index (χ0) is 28.5. The Morgan fingerprint density at radius 3 is 2.46 bits per heavy atom. The molecule has 5 aromatic rings. The summed E-state index contributed by atoms with van der Waals surface area (Å²) in [6, 6.07) is 13.0. The van der Waals surface area contributed by atoms with Gasteiger partial charge in [0.15, 0.2) is 11.5 Å². The standard InChI is InChI=1S/C29H29N9O3/c1-37-23(13-15-33-37)21-10-11-22-27(34-21)38(26(35-22)20-4-3-14-31-25(20)30)19-9-12-24(32-16-19)36-28(39)17-5-7-18(8-6-17)29(40)41-2/h3-4,9-18H,5-8H2,1-2H3,(H2,30,31)(H,32,36,39). The molecule has 0 aromatic carbocycles. The first kappa shape index (κ1) is 26.1. The summed E-state index contributed by atoms with van der Waals surface area (Å²) in [5, 5.41) is 7.19. The Labute approximate surface area is 235 Å². The van der Waals surface area contributed by atoms with E-state index in [0.717, 1.165) is 11.4 Å². The Morgan fingerprint density at radius 1 is 0.976 bits per heavy atom. The van der Waals surface area contributed by atoms with Crippen LogP contribution in [0.5, 0.6) is 0 Å². The van der Waals surface area contributed by atoms with Crippen molar-refractivity contribution in [1.82, 2.24) is 34.3 Å². The molecule has 0 aliphatic heterocycles. The third kappa shape index (κ3) is 4.99. The van der Waals surface area contributed by atoms with E-state index in [2.05, 4.69) is 20.4 Å². The van der Waals surface area contributed by atoms with Crippen molar-refractivity contribution in [2.24, 2.45) is 18.9 Å². The first-order chi connectivity index (χ1) is 19.9. The van der Waals surface area contributed by atoms with Gasteiger partial charge in [-0.15, -0.1) is 0 Å². The lowest BCUT2D eigenvalue weighted by Crippen LogP contribution is -2.30. The van der Waals surface area contributed by atoms with Crippen LogP contribution in [0.15, 0.2) is 61.1 Å². The summed E-state index contributed by atoms with van der Waals surface area (Å²) >= 11 is 0. The van der Waals surface area contributed by atoms with Crippen LogP contribution in [-0.4, -0.2) is 53.3 Å². The number of hydrogen-bond donors (Lipinski definition) is 2. The number of aromatic nitrogens is 7. The molecule has 0 saturated heterocycles. The molecule has 1 amide bonds. The first-order valence-corrected chi connectivity index (χ1v) is 13.4. The summed E-state index contributed by atoms with van der Waals surface area (Å²) in [7, 11) is 3.26. The molecule has 208 valence electrons. The van der Waals surface area contributed by atoms with Gasteiger partial charge >= 0.3 is 5.97 Å². The van der Waals surface area contributed by atoms with Crippen LogP contribution in [0.2, 0.25) is 0 Å². The number of esters is 1. The van der Waals surface area contributed by atoms with Gasteiger partial charge in [-0.3, -0.25) is 18.8 Å². The minimum Gasteiger partial charge on any atom is -0.469 e. The summed E-state index contributed by atoms with van der Waals surface area (Å²) in [6.07, 6.45) is 7.56. The van der Waals surface area contributed by atoms with E-state index in [-0.39, 0.29) is 23.7 Å². The van der Waals surface area contributed by atoms with Crippen LogP contribution >= 0.6 is 0 Å². The van der Waals surface area contributed by atoms with Gasteiger partial charge < -0.3 is 15.8 Å². The highest BCUT2D eigenvalue weighted by Crippen LogP contribution is 2.33. The van der Waals surface area contributed by atoms with Crippen molar-refractivity contribution >= 4 is 34.7 Å². The number of nitrogens with two attached hydrogens (primary N) is 1. The predicted octanol–water partition coefficient (Wildman–Crippen LogP) is 3.78. The fraction of sp³-hybridized carbons (Fsp3) is 0.276. The van der Waals surface area contributed by atoms with Gasteiger partial charge in [0.1, 0.15) is 17.2 Å². The maximum absolute atomic E-state index is 12.9. The lowest BCUT2D eigenvalue weighted by Gasteiger charge is -2.25. The van der Waals surface area contributed by atoms with E-state index in [1.54, 1.807) is 35.4 Å². The predicted molar refractivity (Wildman–Crippen MR) is 153 cm³/mol. The Bertz CT molecular complexity index is 1730. The van der Waals surface area contributed by atoms with E-state index in [1.807, 2.05) is 41.9 Å². The molecule has 0 atom stereocenters. The van der Waals surface area contributed by atoms with Crippen LogP contribution in [0.3, 0.4) is 0 Å². The van der Waals surface area contributed by atoms with E-state index < -0.39 is 0 Å². The molecule has 1 aliphatic rings. The molecule has 12 nitrogen and oxygen atoms in total. The number of rotatable bonds is 6. The number of nitrogens with one attached hydrogen (secondary N) is 1. The molecule has 5 aromatic heterocycles. The van der Waals surface area contributed by atoms with Crippen molar-refractivity contribution in [3.05, 3.63) is 61.1 Å². The molecule has 5 heterocycles. The van der Waals surface area contributed by atoms with Gasteiger partial charge in [-0.25, -0.2) is 19.9 Å². The van der Waals surface area contributed by atoms with Crippen molar-refractivity contribution in [2.75, 3.05) is 18.2 Å². The average Bonchev–Trinajstić information content (AvgIpc) is 3.60. The van der Waals surface area contributed by atoms with Gasteiger partial charge in [0.2, 0.25) is 5.91 Å². The quantitative estimate of drug-likeness (QED) is 0.300. The highest BCUT2D eigenvalue weighted by Gasteiger charge is 2.30. The number of amides is 1. The molecule has 41 heavy (non-hydrogen) atoms. The number of nitrogens with zero attached hydrogens (tertiary/aromatic N) is 7. The number of fused-ring (bicyclic) bond motifs is 1. The molecule has 1 fully saturated rings. The van der Waals surface area contributed by atoms with Crippen molar-refractivity contribution in [2.45, 2.75) is 25.7 Å². The molecule has 0 radical (unpaired) electrons. The second-order valence-corrected chi connectivity index (χ2v) is 10.0. The number of imidazole rings is 1. The van der Waals surface area contributed by atoms with Crippen molar-refractivity contribution in [1.29, 1.82) is 0 Å². The van der Waals surface area contributed by atoms with Crippen LogP contribution in [-0.2, 0) is 21.4 Å². The number of nitrogen functional groups attached to an aromatic ring is 1. The maximum Gasteiger partial charge on any atom is 0.308 e. The summed E-state index contributed by atoms with van der Waals surface area (Å²) in [6.45, 7) is 0. The van der Waals surface area contributed by atoms with Gasteiger partial charge in [0.05, 0.1) is 41.9 Å². The number of aryl methyl sites for hydroxylation is 1. The minimum absolute atomic E-state index is 0.104. The summed E-state index contributed by atoms with van der Waals surface area (Å²) in [4.78, 5) is 43.3. The lowest BCUT2D eigenvalue weighted by molar-refractivity contribution is -0.147. The smallest absolute Gasteiger partial charge is 0.308 e. The Morgan fingerprint density at radius 2 is 1.78 bits per heavy atom. The molecule has 0 unspecified atom stereocenters. The monoisotopic (exact) mass is 551 g/mol. The Kier molecular flexibility index (Phi) is 6.88. The molecule has 6 rings (SSSR count). The zero-order valence-electron chi connectivity index (χ0n) is 22.7. The largest absolute Gasteiger partial charge is 0.469 e. The maximum atomic E-state index is 12.9. The topological polar surface area (TPSA) is 156 Å². The number of anilines is 2. The first-order valence-electron chi connectivity index (χ1n) is 13.4. The normalized spacial score (nSPS) is 16.9. The second kappa shape index (κ2) is 10.8. The van der Waals surface area contributed by atoms with Crippen molar-refractivity contribution in [3.8, 4) is 28.5 Å². The van der Waals surface area contributed by atoms with E-state index in [0.29, 0.717) is 65.6 Å². The Hall–Kier alpha value is -5.13. The fourth-order valence-corrected chi connectivity index (χ4v) is 5.34. The van der Waals surface area contributed by atoms with Crippen LogP contribution in [0.1, 0.15) is 25.7 Å². The number of ether oxygens (including phenoxy) is 1. The number of methoxy groups -OCH3 is 1. The molecule has 12 heteroatoms. The average molecular weight is 552 g/mol. The van der Waals surface area contributed by atoms with Crippen molar-refractivity contribution in [3.63, 3.8) is 0 Å². The number of carbonyl (C=O) groups excluding carboxylic acids is 2. The molecule has 3 N–H and O–H groups in total. The highest BCUT2D eigenvalue weighted by atomic mass is 16.5. The second-order valence-electron chi connectivity index (χ2n) is 10.0. The van der Waals surface area contributed by atoms with Crippen LogP contribution in [0.25, 0.3) is 39.6 Å². The third-order valence-electron chi connectivity index (χ3n) is 7.56. The summed E-state index contributed by atoms with van der Waals surface area (Å²) in [5.74, 6) is 0.724. The molecule has 0 bridgehead atoms. The molecule has 1 aliphatic carbocycles. The van der Waals surface area contributed by atoms with Gasteiger partial charge in [-0.05, 0) is 68.1 Å². The number of hydrogen-bond acceptors (Lipinski definition) is 9. The highest BCUT2D eigenvalue weighted by molar-refractivity contribution is 5.92. The number of pyridine rings is 3. The van der Waals surface area contributed by atoms with E-state index in [4.69, 9.17) is 20.4 Å². The molecule has 0 spiro atoms. The molecular formula is C29H29N9O3. The molecular weight excluding hydrogens is 522 g/mol. The van der Waals surface area contributed by atoms with Gasteiger partial charge in [0, 0.05) is 25.4 Å².